The molecule has 0 spiro atoms. The van der Waals surface area contributed by atoms with Gasteiger partial charge in [-0.3, -0.25) is 0 Å². The predicted octanol–water partition coefficient (Wildman–Crippen LogP) is 3.03. The number of aromatic nitrogens is 1. The van der Waals surface area contributed by atoms with Crippen LogP contribution in [0.1, 0.15) is 11.1 Å². The fraction of sp³-hybridized carbons (Fsp3) is 0.214. The molecule has 0 aliphatic carbocycles. The maximum Gasteiger partial charge on any atom is 0.213 e. The highest BCUT2D eigenvalue weighted by atomic mass is 35.5. The Morgan fingerprint density at radius 1 is 1.11 bits per heavy atom. The molecule has 1 aromatic carbocycles. The van der Waals surface area contributed by atoms with Crippen molar-refractivity contribution in [2.45, 2.75) is 13.2 Å². The maximum absolute atomic E-state index is 5.82. The summed E-state index contributed by atoms with van der Waals surface area (Å²) < 4.78 is 5.59. The average Bonchev–Trinajstić information content (AvgIpc) is 2.40. The molecule has 0 radical (unpaired) electrons. The van der Waals surface area contributed by atoms with Crippen LogP contribution in [-0.2, 0) is 13.2 Å². The number of halogens is 1. The van der Waals surface area contributed by atoms with Gasteiger partial charge in [-0.1, -0.05) is 29.8 Å². The number of hydrogen-bond donors (Lipinski definition) is 1. The van der Waals surface area contributed by atoms with Gasteiger partial charge in [0.05, 0.1) is 0 Å². The predicted molar refractivity (Wildman–Crippen MR) is 72.8 cm³/mol. The van der Waals surface area contributed by atoms with Crippen LogP contribution in [0.25, 0.3) is 0 Å². The number of ether oxygens (including phenoxy) is 1. The van der Waals surface area contributed by atoms with Crippen molar-refractivity contribution < 1.29 is 4.74 Å². The lowest BCUT2D eigenvalue weighted by molar-refractivity contribution is 0.293. The molecule has 2 aromatic rings. The summed E-state index contributed by atoms with van der Waals surface area (Å²) in [5.74, 6) is 0.629. The van der Waals surface area contributed by atoms with E-state index >= 15 is 0 Å². The molecule has 1 aromatic heterocycles. The quantitative estimate of drug-likeness (QED) is 0.899. The molecule has 0 aliphatic rings. The Morgan fingerprint density at radius 2 is 1.83 bits per heavy atom. The van der Waals surface area contributed by atoms with E-state index in [-0.39, 0.29) is 0 Å². The molecule has 4 heteroatoms. The van der Waals surface area contributed by atoms with Crippen molar-refractivity contribution in [3.63, 3.8) is 0 Å². The van der Waals surface area contributed by atoms with Crippen LogP contribution in [0.15, 0.2) is 42.6 Å². The van der Waals surface area contributed by atoms with Gasteiger partial charge in [0.2, 0.25) is 5.88 Å². The topological polar surface area (TPSA) is 34.1 Å². The number of pyridine rings is 1. The summed E-state index contributed by atoms with van der Waals surface area (Å²) in [6, 6.07) is 11.5. The van der Waals surface area contributed by atoms with Crippen LogP contribution in [0.5, 0.6) is 5.88 Å². The highest BCUT2D eigenvalue weighted by molar-refractivity contribution is 6.30. The highest BCUT2D eigenvalue weighted by Gasteiger charge is 1.98. The second-order valence-corrected chi connectivity index (χ2v) is 4.39. The Labute approximate surface area is 112 Å². The molecule has 0 amide bonds. The Kier molecular flexibility index (Phi) is 4.56. The van der Waals surface area contributed by atoms with Gasteiger partial charge in [0, 0.05) is 23.8 Å². The number of hydrogen-bond acceptors (Lipinski definition) is 3. The van der Waals surface area contributed by atoms with Crippen molar-refractivity contribution in [1.29, 1.82) is 0 Å². The van der Waals surface area contributed by atoms with Crippen molar-refractivity contribution in [3.8, 4) is 5.88 Å². The monoisotopic (exact) mass is 262 g/mol. The van der Waals surface area contributed by atoms with Gasteiger partial charge < -0.3 is 10.1 Å². The Balaban J connectivity index is 1.91. The molecule has 94 valence electrons. The number of benzene rings is 1. The second-order valence-electron chi connectivity index (χ2n) is 3.95. The first kappa shape index (κ1) is 12.9. The molecule has 0 aliphatic heterocycles. The minimum atomic E-state index is 0.496. The average molecular weight is 263 g/mol. The van der Waals surface area contributed by atoms with Crippen molar-refractivity contribution in [2.24, 2.45) is 0 Å². The standard InChI is InChI=1S/C14H15ClN2O/c1-16-8-12-4-7-14(17-9-12)18-10-11-2-5-13(15)6-3-11/h2-7,9,16H,8,10H2,1H3. The van der Waals surface area contributed by atoms with E-state index in [4.69, 9.17) is 16.3 Å². The molecule has 2 rings (SSSR count). The summed E-state index contributed by atoms with van der Waals surface area (Å²) in [6.07, 6.45) is 1.81. The molecular weight excluding hydrogens is 248 g/mol. The lowest BCUT2D eigenvalue weighted by Crippen LogP contribution is -2.05. The number of rotatable bonds is 5. The normalized spacial score (nSPS) is 10.3. The molecule has 18 heavy (non-hydrogen) atoms. The van der Waals surface area contributed by atoms with Gasteiger partial charge in [-0.15, -0.1) is 0 Å². The van der Waals surface area contributed by atoms with E-state index in [9.17, 15) is 0 Å². The van der Waals surface area contributed by atoms with E-state index in [1.165, 1.54) is 0 Å². The minimum Gasteiger partial charge on any atom is -0.473 e. The van der Waals surface area contributed by atoms with Gasteiger partial charge >= 0.3 is 0 Å². The summed E-state index contributed by atoms with van der Waals surface area (Å²) in [4.78, 5) is 4.24. The summed E-state index contributed by atoms with van der Waals surface area (Å²) >= 11 is 5.82. The number of nitrogens with one attached hydrogen (secondary N) is 1. The Bertz CT molecular complexity index is 482. The van der Waals surface area contributed by atoms with Gasteiger partial charge in [0.15, 0.2) is 0 Å². The zero-order valence-electron chi connectivity index (χ0n) is 10.2. The maximum atomic E-state index is 5.82. The molecule has 1 heterocycles. The zero-order chi connectivity index (χ0) is 12.8. The van der Waals surface area contributed by atoms with Crippen molar-refractivity contribution in [3.05, 3.63) is 58.7 Å². The zero-order valence-corrected chi connectivity index (χ0v) is 10.9. The first-order chi connectivity index (χ1) is 8.78. The van der Waals surface area contributed by atoms with E-state index in [2.05, 4.69) is 10.3 Å². The fourth-order valence-electron chi connectivity index (χ4n) is 1.54. The van der Waals surface area contributed by atoms with E-state index in [0.717, 1.165) is 22.7 Å². The van der Waals surface area contributed by atoms with E-state index in [1.54, 1.807) is 0 Å². The van der Waals surface area contributed by atoms with Crippen LogP contribution in [0.4, 0.5) is 0 Å². The van der Waals surface area contributed by atoms with Crippen LogP contribution in [0, 0.1) is 0 Å². The SMILES string of the molecule is CNCc1ccc(OCc2ccc(Cl)cc2)nc1. The molecule has 0 atom stereocenters. The van der Waals surface area contributed by atoms with Gasteiger partial charge in [0.1, 0.15) is 6.61 Å². The Morgan fingerprint density at radius 3 is 2.44 bits per heavy atom. The third-order valence-corrected chi connectivity index (χ3v) is 2.73. The summed E-state index contributed by atoms with van der Waals surface area (Å²) in [5, 5.41) is 3.80. The van der Waals surface area contributed by atoms with Crippen LogP contribution < -0.4 is 10.1 Å². The smallest absolute Gasteiger partial charge is 0.213 e. The van der Waals surface area contributed by atoms with E-state index < -0.39 is 0 Å². The van der Waals surface area contributed by atoms with Gasteiger partial charge in [-0.05, 0) is 30.3 Å². The van der Waals surface area contributed by atoms with Crippen molar-refractivity contribution >= 4 is 11.6 Å². The van der Waals surface area contributed by atoms with Gasteiger partial charge in [0.25, 0.3) is 0 Å². The van der Waals surface area contributed by atoms with Gasteiger partial charge in [-0.25, -0.2) is 4.98 Å². The largest absolute Gasteiger partial charge is 0.473 e. The van der Waals surface area contributed by atoms with Crippen LogP contribution in [0.3, 0.4) is 0 Å². The summed E-state index contributed by atoms with van der Waals surface area (Å²) in [6.45, 7) is 1.31. The first-order valence-corrected chi connectivity index (χ1v) is 6.12. The van der Waals surface area contributed by atoms with E-state index in [0.29, 0.717) is 12.5 Å². The molecule has 0 bridgehead atoms. The third-order valence-electron chi connectivity index (χ3n) is 2.48. The fourth-order valence-corrected chi connectivity index (χ4v) is 1.67. The van der Waals surface area contributed by atoms with Gasteiger partial charge in [-0.2, -0.15) is 0 Å². The van der Waals surface area contributed by atoms with Crippen LogP contribution >= 0.6 is 11.6 Å². The Hall–Kier alpha value is -1.58. The number of nitrogens with zero attached hydrogens (tertiary/aromatic N) is 1. The molecule has 0 saturated carbocycles. The molecule has 0 saturated heterocycles. The van der Waals surface area contributed by atoms with E-state index in [1.807, 2.05) is 49.6 Å². The molecule has 0 unspecified atom stereocenters. The lowest BCUT2D eigenvalue weighted by atomic mass is 10.2. The summed E-state index contributed by atoms with van der Waals surface area (Å²) in [7, 11) is 1.91. The van der Waals surface area contributed by atoms with Crippen LogP contribution in [-0.4, -0.2) is 12.0 Å². The molecule has 0 fully saturated rings. The lowest BCUT2D eigenvalue weighted by Gasteiger charge is -2.06. The molecule has 1 N–H and O–H groups in total. The molecular formula is C14H15ClN2O. The summed E-state index contributed by atoms with van der Waals surface area (Å²) in [5.41, 5.74) is 2.21. The molecule has 3 nitrogen and oxygen atoms in total. The minimum absolute atomic E-state index is 0.496. The first-order valence-electron chi connectivity index (χ1n) is 5.74. The van der Waals surface area contributed by atoms with Crippen molar-refractivity contribution in [2.75, 3.05) is 7.05 Å². The van der Waals surface area contributed by atoms with Crippen LogP contribution in [0.2, 0.25) is 5.02 Å². The van der Waals surface area contributed by atoms with Crippen molar-refractivity contribution in [1.82, 2.24) is 10.3 Å². The third kappa shape index (κ3) is 3.72. The highest BCUT2D eigenvalue weighted by Crippen LogP contribution is 2.13. The second kappa shape index (κ2) is 6.38.